The van der Waals surface area contributed by atoms with E-state index in [1.54, 1.807) is 0 Å². The third-order valence-electron chi connectivity index (χ3n) is 5.22. The number of aromatic nitrogens is 3. The van der Waals surface area contributed by atoms with Gasteiger partial charge in [-0.2, -0.15) is 0 Å². The Balaban J connectivity index is 1.51. The Kier molecular flexibility index (Phi) is 4.49. The number of thiazole rings is 1. The number of hydrogen-bond donors (Lipinski definition) is 2. The molecule has 0 bridgehead atoms. The van der Waals surface area contributed by atoms with Gasteiger partial charge >= 0.3 is 4.87 Å². The monoisotopic (exact) mass is 425 g/mol. The lowest BCUT2D eigenvalue weighted by Gasteiger charge is -2.25. The number of ether oxygens (including phenoxy) is 1. The first-order valence-corrected chi connectivity index (χ1v) is 10.4. The van der Waals surface area contributed by atoms with Crippen LogP contribution in [0.2, 0.25) is 5.15 Å². The predicted molar refractivity (Wildman–Crippen MR) is 112 cm³/mol. The molecule has 0 amide bonds. The number of aromatic hydroxyl groups is 1. The Bertz CT molecular complexity index is 1280. The number of rotatable bonds is 3. The number of aromatic amines is 1. The van der Waals surface area contributed by atoms with Gasteiger partial charge in [0.25, 0.3) is 0 Å². The molecule has 1 aliphatic rings. The van der Waals surface area contributed by atoms with Crippen LogP contribution in [0.3, 0.4) is 0 Å². The van der Waals surface area contributed by atoms with Gasteiger partial charge in [0, 0.05) is 16.7 Å². The molecule has 0 spiro atoms. The summed E-state index contributed by atoms with van der Waals surface area (Å²) in [5, 5.41) is 20.1. The van der Waals surface area contributed by atoms with Crippen molar-refractivity contribution in [2.24, 2.45) is 0 Å². The largest absolute Gasteiger partial charge is 0.494 e. The molecule has 0 fully saturated rings. The number of benzene rings is 2. The van der Waals surface area contributed by atoms with Gasteiger partial charge in [-0.25, -0.2) is 0 Å². The van der Waals surface area contributed by atoms with Gasteiger partial charge in [-0.15, -0.1) is 10.2 Å². The van der Waals surface area contributed by atoms with Crippen LogP contribution in [0.1, 0.15) is 34.8 Å². The lowest BCUT2D eigenvalue weighted by molar-refractivity contribution is 0.443. The molecule has 146 valence electrons. The molecule has 0 saturated heterocycles. The van der Waals surface area contributed by atoms with Crippen LogP contribution in [0.5, 0.6) is 17.5 Å². The number of H-pyrrole nitrogens is 1. The van der Waals surface area contributed by atoms with Crippen molar-refractivity contribution in [2.45, 2.75) is 25.2 Å². The van der Waals surface area contributed by atoms with E-state index in [-0.39, 0.29) is 16.7 Å². The van der Waals surface area contributed by atoms with Gasteiger partial charge in [0.2, 0.25) is 11.8 Å². The van der Waals surface area contributed by atoms with Gasteiger partial charge in [-0.3, -0.25) is 9.78 Å². The summed E-state index contributed by atoms with van der Waals surface area (Å²) in [6.07, 6.45) is 2.77. The Labute approximate surface area is 174 Å². The van der Waals surface area contributed by atoms with E-state index in [9.17, 15) is 9.90 Å². The van der Waals surface area contributed by atoms with Crippen molar-refractivity contribution in [2.75, 3.05) is 0 Å². The van der Waals surface area contributed by atoms with E-state index < -0.39 is 0 Å². The Hall–Kier alpha value is -2.90. The smallest absolute Gasteiger partial charge is 0.307 e. The van der Waals surface area contributed by atoms with Crippen LogP contribution in [0.25, 0.3) is 10.8 Å². The Morgan fingerprint density at radius 1 is 1.17 bits per heavy atom. The van der Waals surface area contributed by atoms with Crippen LogP contribution in [0.4, 0.5) is 0 Å². The van der Waals surface area contributed by atoms with E-state index in [1.807, 2.05) is 42.5 Å². The molecule has 2 heterocycles. The maximum absolute atomic E-state index is 11.6. The van der Waals surface area contributed by atoms with Gasteiger partial charge in [-0.05, 0) is 48.6 Å². The van der Waals surface area contributed by atoms with Gasteiger partial charge in [0.1, 0.15) is 5.75 Å². The summed E-state index contributed by atoms with van der Waals surface area (Å²) in [5.41, 5.74) is 2.26. The molecule has 2 aromatic heterocycles. The molecule has 0 aliphatic heterocycles. The van der Waals surface area contributed by atoms with Crippen molar-refractivity contribution < 1.29 is 9.84 Å². The molecule has 2 N–H and O–H groups in total. The standard InChI is InChI=1S/C21H16ClN3O3S/c22-18-15-5-1-2-6-16(15)20(25-24-18)28-12-8-9-13-11(10-12)4-3-7-14(13)17-19(26)23-21(27)29-17/h1-2,5-6,8-10,14,26H,3-4,7H2,(H,23,27)/t14-/m1/s1. The fourth-order valence-electron chi connectivity index (χ4n) is 3.93. The zero-order valence-electron chi connectivity index (χ0n) is 15.2. The first-order chi connectivity index (χ1) is 14.1. The highest BCUT2D eigenvalue weighted by Gasteiger charge is 2.27. The fourth-order valence-corrected chi connectivity index (χ4v) is 5.01. The lowest BCUT2D eigenvalue weighted by atomic mass is 9.82. The van der Waals surface area contributed by atoms with E-state index in [2.05, 4.69) is 15.2 Å². The highest BCUT2D eigenvalue weighted by Crippen LogP contribution is 2.42. The molecule has 2 aromatic carbocycles. The Morgan fingerprint density at radius 2 is 2.00 bits per heavy atom. The second kappa shape index (κ2) is 7.17. The van der Waals surface area contributed by atoms with Crippen LogP contribution in [-0.4, -0.2) is 20.3 Å². The van der Waals surface area contributed by atoms with Crippen LogP contribution in [-0.2, 0) is 6.42 Å². The first-order valence-electron chi connectivity index (χ1n) is 9.23. The number of nitrogens with zero attached hydrogens (tertiary/aromatic N) is 2. The molecular formula is C21H16ClN3O3S. The summed E-state index contributed by atoms with van der Waals surface area (Å²) in [5.74, 6) is 1.05. The van der Waals surface area contributed by atoms with E-state index in [4.69, 9.17) is 16.3 Å². The highest BCUT2D eigenvalue weighted by atomic mass is 35.5. The summed E-state index contributed by atoms with van der Waals surface area (Å²) >= 11 is 7.21. The lowest BCUT2D eigenvalue weighted by Crippen LogP contribution is -2.10. The first kappa shape index (κ1) is 18.1. The van der Waals surface area contributed by atoms with Gasteiger partial charge in [0.15, 0.2) is 5.15 Å². The predicted octanol–water partition coefficient (Wildman–Crippen LogP) is 5.00. The molecule has 0 radical (unpaired) electrons. The van der Waals surface area contributed by atoms with Crippen LogP contribution < -0.4 is 9.61 Å². The summed E-state index contributed by atoms with van der Waals surface area (Å²) < 4.78 is 6.05. The highest BCUT2D eigenvalue weighted by molar-refractivity contribution is 7.09. The van der Waals surface area contributed by atoms with Crippen molar-refractivity contribution in [3.63, 3.8) is 0 Å². The Morgan fingerprint density at radius 3 is 2.79 bits per heavy atom. The van der Waals surface area contributed by atoms with Gasteiger partial charge < -0.3 is 9.84 Å². The van der Waals surface area contributed by atoms with Gasteiger partial charge in [0.05, 0.1) is 4.88 Å². The molecule has 29 heavy (non-hydrogen) atoms. The van der Waals surface area contributed by atoms with Crippen molar-refractivity contribution in [1.29, 1.82) is 0 Å². The maximum atomic E-state index is 11.6. The van der Waals surface area contributed by atoms with Gasteiger partial charge in [-0.1, -0.05) is 47.2 Å². The maximum Gasteiger partial charge on any atom is 0.307 e. The fraction of sp³-hybridized carbons (Fsp3) is 0.190. The van der Waals surface area contributed by atoms with Crippen LogP contribution in [0.15, 0.2) is 47.3 Å². The minimum absolute atomic E-state index is 0.00732. The summed E-state index contributed by atoms with van der Waals surface area (Å²) in [6, 6.07) is 13.5. The second-order valence-corrected chi connectivity index (χ2v) is 8.35. The van der Waals surface area contributed by atoms with E-state index in [0.717, 1.165) is 52.5 Å². The minimum atomic E-state index is -0.238. The molecule has 8 heteroatoms. The van der Waals surface area contributed by atoms with E-state index in [0.29, 0.717) is 21.7 Å². The average molecular weight is 426 g/mol. The molecular weight excluding hydrogens is 410 g/mol. The van der Waals surface area contributed by atoms with Crippen LogP contribution >= 0.6 is 22.9 Å². The summed E-state index contributed by atoms with van der Waals surface area (Å²) in [7, 11) is 0. The topological polar surface area (TPSA) is 88.1 Å². The molecule has 0 unspecified atom stereocenters. The van der Waals surface area contributed by atoms with E-state index >= 15 is 0 Å². The van der Waals surface area contributed by atoms with Crippen molar-refractivity contribution in [3.05, 3.63) is 73.3 Å². The third-order valence-corrected chi connectivity index (χ3v) is 6.49. The zero-order chi connectivity index (χ0) is 20.0. The van der Waals surface area contributed by atoms with Crippen molar-refractivity contribution in [1.82, 2.24) is 15.2 Å². The molecule has 1 aliphatic carbocycles. The number of halogens is 1. The SMILES string of the molecule is O=c1[nH]c(O)c([C@@H]2CCCc3cc(Oc4nnc(Cl)c5ccccc45)ccc32)s1. The number of nitrogens with one attached hydrogen (secondary N) is 1. The quantitative estimate of drug-likeness (QED) is 0.482. The molecule has 5 rings (SSSR count). The number of fused-ring (bicyclic) bond motifs is 2. The minimum Gasteiger partial charge on any atom is -0.494 e. The molecule has 0 saturated carbocycles. The van der Waals surface area contributed by atoms with E-state index in [1.165, 1.54) is 0 Å². The molecule has 1 atom stereocenters. The molecule has 6 nitrogen and oxygen atoms in total. The average Bonchev–Trinajstić information content (AvgIpc) is 3.07. The zero-order valence-corrected chi connectivity index (χ0v) is 16.8. The number of hydrogen-bond acceptors (Lipinski definition) is 6. The summed E-state index contributed by atoms with van der Waals surface area (Å²) in [4.78, 5) is 14.5. The normalized spacial score (nSPS) is 16.0. The van der Waals surface area contributed by atoms with Crippen molar-refractivity contribution >= 4 is 33.7 Å². The summed E-state index contributed by atoms with van der Waals surface area (Å²) in [6.45, 7) is 0. The van der Waals surface area contributed by atoms with Crippen LogP contribution in [0, 0.1) is 0 Å². The second-order valence-electron chi connectivity index (χ2n) is 6.98. The van der Waals surface area contributed by atoms with Crippen molar-refractivity contribution in [3.8, 4) is 17.5 Å². The third kappa shape index (κ3) is 3.26. The molecule has 4 aromatic rings. The number of aryl methyl sites for hydroxylation is 1.